The maximum absolute atomic E-state index is 4.28. The molecule has 2 aromatic rings. The number of aromatic nitrogens is 3. The molecule has 1 aliphatic rings. The van der Waals surface area contributed by atoms with Crippen molar-refractivity contribution in [2.24, 2.45) is 7.05 Å². The first-order chi connectivity index (χ1) is 9.72. The van der Waals surface area contributed by atoms with Crippen molar-refractivity contribution in [1.29, 1.82) is 0 Å². The van der Waals surface area contributed by atoms with Gasteiger partial charge in [-0.25, -0.2) is 4.98 Å². The molecule has 0 bridgehead atoms. The molecule has 4 nitrogen and oxygen atoms in total. The molecule has 1 aromatic heterocycles. The Hall–Kier alpha value is -1.20. The summed E-state index contributed by atoms with van der Waals surface area (Å²) in [6.45, 7) is 0.956. The van der Waals surface area contributed by atoms with Crippen LogP contribution in [-0.2, 0) is 13.5 Å². The molecule has 0 spiro atoms. The highest BCUT2D eigenvalue weighted by Gasteiger charge is 2.30. The minimum atomic E-state index is 0.635. The first kappa shape index (κ1) is 13.8. The maximum atomic E-state index is 4.28. The predicted molar refractivity (Wildman–Crippen MR) is 82.6 cm³/mol. The molecule has 5 heteroatoms. The van der Waals surface area contributed by atoms with Gasteiger partial charge in [0.1, 0.15) is 6.33 Å². The van der Waals surface area contributed by atoms with E-state index in [-0.39, 0.29) is 0 Å². The molecule has 1 N–H and O–H groups in total. The highest BCUT2D eigenvalue weighted by molar-refractivity contribution is 9.10. The lowest BCUT2D eigenvalue weighted by atomic mass is 9.76. The lowest BCUT2D eigenvalue weighted by Crippen LogP contribution is -2.41. The SMILES string of the molecule is Cn1cnc(CCNC2CC(c3ccccc3Br)C2)n1. The van der Waals surface area contributed by atoms with Gasteiger partial charge in [-0.3, -0.25) is 4.68 Å². The van der Waals surface area contributed by atoms with Gasteiger partial charge >= 0.3 is 0 Å². The topological polar surface area (TPSA) is 42.7 Å². The second kappa shape index (κ2) is 6.06. The number of benzene rings is 1. The van der Waals surface area contributed by atoms with Gasteiger partial charge in [0.15, 0.2) is 5.82 Å². The third-order valence-electron chi connectivity index (χ3n) is 3.91. The average molecular weight is 335 g/mol. The fraction of sp³-hybridized carbons (Fsp3) is 0.467. The summed E-state index contributed by atoms with van der Waals surface area (Å²) in [5.41, 5.74) is 1.44. The maximum Gasteiger partial charge on any atom is 0.151 e. The standard InChI is InChI=1S/C15H19BrN4/c1-20-10-18-15(19-20)6-7-17-12-8-11(9-12)13-4-2-3-5-14(13)16/h2-5,10-12,17H,6-9H2,1H3. The molecule has 1 aliphatic carbocycles. The highest BCUT2D eigenvalue weighted by atomic mass is 79.9. The molecule has 0 radical (unpaired) electrons. The molecular weight excluding hydrogens is 316 g/mol. The molecular formula is C15H19BrN4. The fourth-order valence-corrected chi connectivity index (χ4v) is 3.34. The fourth-order valence-electron chi connectivity index (χ4n) is 2.73. The molecule has 0 atom stereocenters. The normalized spacial score (nSPS) is 21.7. The van der Waals surface area contributed by atoms with Gasteiger partial charge in [0.25, 0.3) is 0 Å². The summed E-state index contributed by atoms with van der Waals surface area (Å²) >= 11 is 3.64. The van der Waals surface area contributed by atoms with E-state index >= 15 is 0 Å². The Morgan fingerprint density at radius 3 is 2.85 bits per heavy atom. The zero-order chi connectivity index (χ0) is 13.9. The molecule has 0 saturated heterocycles. The summed E-state index contributed by atoms with van der Waals surface area (Å²) in [6, 6.07) is 9.18. The van der Waals surface area contributed by atoms with Gasteiger partial charge in [0, 0.05) is 30.5 Å². The summed E-state index contributed by atoms with van der Waals surface area (Å²) in [4.78, 5) is 4.24. The average Bonchev–Trinajstić information content (AvgIpc) is 2.79. The summed E-state index contributed by atoms with van der Waals surface area (Å²) in [5.74, 6) is 1.61. The van der Waals surface area contributed by atoms with Crippen molar-refractivity contribution in [3.05, 3.63) is 46.5 Å². The van der Waals surface area contributed by atoms with E-state index in [0.717, 1.165) is 18.8 Å². The molecule has 0 unspecified atom stereocenters. The van der Waals surface area contributed by atoms with Crippen molar-refractivity contribution in [3.8, 4) is 0 Å². The molecule has 0 amide bonds. The van der Waals surface area contributed by atoms with Gasteiger partial charge in [0.05, 0.1) is 0 Å². The Kier molecular flexibility index (Phi) is 4.17. The number of rotatable bonds is 5. The Morgan fingerprint density at radius 1 is 1.35 bits per heavy atom. The van der Waals surface area contributed by atoms with Gasteiger partial charge in [-0.1, -0.05) is 34.1 Å². The van der Waals surface area contributed by atoms with Crippen molar-refractivity contribution in [2.75, 3.05) is 6.54 Å². The van der Waals surface area contributed by atoms with Crippen LogP contribution in [-0.4, -0.2) is 27.4 Å². The number of hydrogen-bond acceptors (Lipinski definition) is 3. The summed E-state index contributed by atoms with van der Waals surface area (Å²) in [5, 5.41) is 7.88. The van der Waals surface area contributed by atoms with E-state index in [1.54, 1.807) is 11.0 Å². The smallest absolute Gasteiger partial charge is 0.151 e. The lowest BCUT2D eigenvalue weighted by Gasteiger charge is -2.36. The molecule has 1 aromatic carbocycles. The van der Waals surface area contributed by atoms with E-state index in [1.165, 1.54) is 22.9 Å². The minimum absolute atomic E-state index is 0.635. The highest BCUT2D eigenvalue weighted by Crippen LogP contribution is 2.39. The largest absolute Gasteiger partial charge is 0.313 e. The number of hydrogen-bond donors (Lipinski definition) is 1. The van der Waals surface area contributed by atoms with Crippen LogP contribution in [0, 0.1) is 0 Å². The van der Waals surface area contributed by atoms with Crippen LogP contribution >= 0.6 is 15.9 Å². The molecule has 1 saturated carbocycles. The number of nitrogens with one attached hydrogen (secondary N) is 1. The van der Waals surface area contributed by atoms with Crippen molar-refractivity contribution in [3.63, 3.8) is 0 Å². The molecule has 0 aliphatic heterocycles. The van der Waals surface area contributed by atoms with Crippen molar-refractivity contribution >= 4 is 15.9 Å². The quantitative estimate of drug-likeness (QED) is 0.914. The lowest BCUT2D eigenvalue weighted by molar-refractivity contribution is 0.291. The van der Waals surface area contributed by atoms with E-state index in [1.807, 2.05) is 7.05 Å². The van der Waals surface area contributed by atoms with E-state index < -0.39 is 0 Å². The van der Waals surface area contributed by atoms with Crippen LogP contribution in [0.2, 0.25) is 0 Å². The van der Waals surface area contributed by atoms with Gasteiger partial charge in [-0.05, 0) is 30.4 Å². The Morgan fingerprint density at radius 2 is 2.15 bits per heavy atom. The first-order valence-corrected chi connectivity index (χ1v) is 7.84. The van der Waals surface area contributed by atoms with Crippen LogP contribution in [0.1, 0.15) is 30.1 Å². The Bertz CT molecular complexity index is 575. The van der Waals surface area contributed by atoms with Crippen LogP contribution in [0.3, 0.4) is 0 Å². The van der Waals surface area contributed by atoms with Crippen LogP contribution < -0.4 is 5.32 Å². The van der Waals surface area contributed by atoms with Gasteiger partial charge in [-0.2, -0.15) is 5.10 Å². The minimum Gasteiger partial charge on any atom is -0.313 e. The third-order valence-corrected chi connectivity index (χ3v) is 4.63. The van der Waals surface area contributed by atoms with E-state index in [9.17, 15) is 0 Å². The first-order valence-electron chi connectivity index (χ1n) is 7.04. The second-order valence-electron chi connectivity index (χ2n) is 5.43. The Balaban J connectivity index is 1.41. The van der Waals surface area contributed by atoms with Crippen molar-refractivity contribution in [2.45, 2.75) is 31.2 Å². The van der Waals surface area contributed by atoms with Gasteiger partial charge in [0.2, 0.25) is 0 Å². The molecule has 106 valence electrons. The molecule has 20 heavy (non-hydrogen) atoms. The zero-order valence-corrected chi connectivity index (χ0v) is 13.2. The van der Waals surface area contributed by atoms with Crippen molar-refractivity contribution in [1.82, 2.24) is 20.1 Å². The summed E-state index contributed by atoms with van der Waals surface area (Å²) in [6.07, 6.45) is 5.09. The van der Waals surface area contributed by atoms with E-state index in [0.29, 0.717) is 12.0 Å². The Labute approximate surface area is 127 Å². The summed E-state index contributed by atoms with van der Waals surface area (Å²) < 4.78 is 2.99. The third kappa shape index (κ3) is 3.10. The second-order valence-corrected chi connectivity index (χ2v) is 6.28. The zero-order valence-electron chi connectivity index (χ0n) is 11.6. The van der Waals surface area contributed by atoms with E-state index in [2.05, 4.69) is 55.6 Å². The van der Waals surface area contributed by atoms with E-state index in [4.69, 9.17) is 0 Å². The summed E-state index contributed by atoms with van der Waals surface area (Å²) in [7, 11) is 1.90. The molecule has 1 fully saturated rings. The monoisotopic (exact) mass is 334 g/mol. The van der Waals surface area contributed by atoms with Gasteiger partial charge in [-0.15, -0.1) is 0 Å². The number of nitrogens with zero attached hydrogens (tertiary/aromatic N) is 3. The van der Waals surface area contributed by atoms with Gasteiger partial charge < -0.3 is 5.32 Å². The molecule has 1 heterocycles. The molecule has 3 rings (SSSR count). The number of aryl methyl sites for hydroxylation is 1. The van der Waals surface area contributed by atoms with Crippen LogP contribution in [0.4, 0.5) is 0 Å². The number of halogens is 1. The van der Waals surface area contributed by atoms with Crippen molar-refractivity contribution < 1.29 is 0 Å². The van der Waals surface area contributed by atoms with Crippen LogP contribution in [0.15, 0.2) is 35.1 Å². The van der Waals surface area contributed by atoms with Crippen LogP contribution in [0.25, 0.3) is 0 Å². The van der Waals surface area contributed by atoms with Crippen LogP contribution in [0.5, 0.6) is 0 Å². The predicted octanol–water partition coefficient (Wildman–Crippen LogP) is 2.66.